The number of sulfone groups is 2. The van der Waals surface area contributed by atoms with Gasteiger partial charge in [-0.3, -0.25) is 0 Å². The van der Waals surface area contributed by atoms with Gasteiger partial charge in [-0.05, 0) is 12.1 Å². The van der Waals surface area contributed by atoms with Crippen LogP contribution >= 0.6 is 0 Å². The monoisotopic (exact) mass is 474 g/mol. The number of carboxylic acids is 1. The van der Waals surface area contributed by atoms with E-state index in [1.54, 1.807) is 0 Å². The van der Waals surface area contributed by atoms with Crippen molar-refractivity contribution in [2.75, 3.05) is 12.5 Å². The molecule has 0 unspecified atom stereocenters. The molecule has 0 radical (unpaired) electrons. The van der Waals surface area contributed by atoms with Crippen LogP contribution in [-0.4, -0.2) is 60.8 Å². The van der Waals surface area contributed by atoms with Gasteiger partial charge in [0.1, 0.15) is 11.5 Å². The summed E-state index contributed by atoms with van der Waals surface area (Å²) in [6.45, 7) is -0.682. The predicted molar refractivity (Wildman–Crippen MR) is 96.9 cm³/mol. The van der Waals surface area contributed by atoms with Crippen LogP contribution in [-0.2, 0) is 32.9 Å². The van der Waals surface area contributed by atoms with Crippen molar-refractivity contribution in [1.29, 1.82) is 0 Å². The quantitative estimate of drug-likeness (QED) is 0.437. The SMILES string of the molecule is CS(=O)(=O)c1nnc(COc2cc(OCc3nnc(S(C)(=O)=O)o3)cc(C(=O)O)c2)o1. The number of benzene rings is 1. The Kier molecular flexibility index (Phi) is 5.94. The maximum absolute atomic E-state index is 11.4. The summed E-state index contributed by atoms with van der Waals surface area (Å²) in [4.78, 5) is 11.4. The molecule has 0 aliphatic heterocycles. The van der Waals surface area contributed by atoms with E-state index in [0.717, 1.165) is 12.5 Å². The van der Waals surface area contributed by atoms with E-state index in [9.17, 15) is 26.7 Å². The highest BCUT2D eigenvalue weighted by atomic mass is 32.2. The zero-order valence-electron chi connectivity index (χ0n) is 15.9. The van der Waals surface area contributed by atoms with Gasteiger partial charge in [-0.2, -0.15) is 0 Å². The number of carbonyl (C=O) groups is 1. The average molecular weight is 474 g/mol. The molecule has 0 saturated carbocycles. The van der Waals surface area contributed by atoms with Crippen molar-refractivity contribution >= 4 is 25.6 Å². The molecule has 0 aliphatic rings. The van der Waals surface area contributed by atoms with E-state index in [0.29, 0.717) is 0 Å². The number of hydrogen-bond acceptors (Lipinski definition) is 13. The van der Waals surface area contributed by atoms with Crippen LogP contribution in [0, 0.1) is 0 Å². The van der Waals surface area contributed by atoms with Crippen LogP contribution in [0.2, 0.25) is 0 Å². The van der Waals surface area contributed by atoms with Gasteiger partial charge in [0, 0.05) is 18.6 Å². The first kappa shape index (κ1) is 22.2. The molecule has 16 heteroatoms. The maximum Gasteiger partial charge on any atom is 0.335 e. The van der Waals surface area contributed by atoms with Crippen molar-refractivity contribution in [3.05, 3.63) is 35.5 Å². The lowest BCUT2D eigenvalue weighted by Crippen LogP contribution is -2.02. The number of hydrogen-bond donors (Lipinski definition) is 1. The summed E-state index contributed by atoms with van der Waals surface area (Å²) in [5.74, 6) is -1.50. The van der Waals surface area contributed by atoms with Crippen molar-refractivity contribution in [3.8, 4) is 11.5 Å². The van der Waals surface area contributed by atoms with Crippen molar-refractivity contribution < 1.29 is 45.0 Å². The molecule has 1 aromatic carbocycles. The molecular weight excluding hydrogens is 460 g/mol. The first-order chi connectivity index (χ1) is 14.4. The van der Waals surface area contributed by atoms with Crippen LogP contribution in [0.4, 0.5) is 0 Å². The fourth-order valence-electron chi connectivity index (χ4n) is 2.04. The van der Waals surface area contributed by atoms with Crippen molar-refractivity contribution in [2.24, 2.45) is 0 Å². The van der Waals surface area contributed by atoms with Gasteiger partial charge in [0.25, 0.3) is 11.8 Å². The lowest BCUT2D eigenvalue weighted by Gasteiger charge is -2.09. The summed E-state index contributed by atoms with van der Waals surface area (Å²) < 4.78 is 66.1. The Hall–Kier alpha value is -3.53. The van der Waals surface area contributed by atoms with Crippen LogP contribution < -0.4 is 9.47 Å². The van der Waals surface area contributed by atoms with Gasteiger partial charge >= 0.3 is 16.4 Å². The second-order valence-corrected chi connectivity index (χ2v) is 9.83. The average Bonchev–Trinajstić information content (AvgIpc) is 3.33. The van der Waals surface area contributed by atoms with Crippen LogP contribution in [0.25, 0.3) is 0 Å². The molecule has 0 aliphatic carbocycles. The number of carboxylic acid groups (broad SMARTS) is 1. The zero-order chi connectivity index (χ0) is 22.8. The molecule has 2 aromatic heterocycles. The van der Waals surface area contributed by atoms with Gasteiger partial charge < -0.3 is 23.4 Å². The predicted octanol–water partition coefficient (Wildman–Crippen LogP) is 0.116. The van der Waals surface area contributed by atoms with E-state index in [-0.39, 0.29) is 42.1 Å². The minimum Gasteiger partial charge on any atom is -0.484 e. The second-order valence-electron chi connectivity index (χ2n) is 6.04. The maximum atomic E-state index is 11.4. The van der Waals surface area contributed by atoms with Gasteiger partial charge in [-0.15, -0.1) is 10.2 Å². The summed E-state index contributed by atoms with van der Waals surface area (Å²) in [6.07, 6.45) is 1.79. The van der Waals surface area contributed by atoms with Crippen molar-refractivity contribution in [2.45, 2.75) is 23.7 Å². The Morgan fingerprint density at radius 3 is 1.58 bits per heavy atom. The van der Waals surface area contributed by atoms with E-state index in [1.807, 2.05) is 0 Å². The first-order valence-corrected chi connectivity index (χ1v) is 11.9. The summed E-state index contributed by atoms with van der Waals surface area (Å²) in [7, 11) is -7.36. The number of nitrogens with zero attached hydrogens (tertiary/aromatic N) is 4. The fraction of sp³-hybridized carbons (Fsp3) is 0.267. The molecule has 0 bridgehead atoms. The van der Waals surface area contributed by atoms with Gasteiger partial charge in [-0.1, -0.05) is 10.2 Å². The molecule has 1 N–H and O–H groups in total. The van der Waals surface area contributed by atoms with Gasteiger partial charge in [0.15, 0.2) is 13.2 Å². The molecule has 166 valence electrons. The van der Waals surface area contributed by atoms with E-state index >= 15 is 0 Å². The Bertz CT molecular complexity index is 1230. The molecule has 14 nitrogen and oxygen atoms in total. The van der Waals surface area contributed by atoms with Crippen molar-refractivity contribution in [1.82, 2.24) is 20.4 Å². The normalized spacial score (nSPS) is 11.9. The summed E-state index contributed by atoms with van der Waals surface area (Å²) in [5.41, 5.74) is -0.183. The van der Waals surface area contributed by atoms with Crippen LogP contribution in [0.3, 0.4) is 0 Å². The molecule has 0 atom stereocenters. The lowest BCUT2D eigenvalue weighted by atomic mass is 10.2. The standard InChI is InChI=1S/C15H14N4O10S2/c1-30(22,23)14-18-16-11(28-14)6-26-9-3-8(13(20)21)4-10(5-9)27-7-12-17-19-15(29-12)31(2,24)25/h3-5H,6-7H2,1-2H3,(H,20,21). The van der Waals surface area contributed by atoms with Crippen LogP contribution in [0.1, 0.15) is 22.1 Å². The molecular formula is C15H14N4O10S2. The highest BCUT2D eigenvalue weighted by molar-refractivity contribution is 7.90. The topological polar surface area (TPSA) is 202 Å². The second kappa shape index (κ2) is 8.31. The third kappa shape index (κ3) is 5.76. The Morgan fingerprint density at radius 1 is 0.839 bits per heavy atom. The van der Waals surface area contributed by atoms with Gasteiger partial charge in [0.05, 0.1) is 5.56 Å². The molecule has 0 amide bonds. The van der Waals surface area contributed by atoms with Crippen molar-refractivity contribution in [3.63, 3.8) is 0 Å². The minimum absolute atomic E-state index is 0.0383. The number of aromatic nitrogens is 4. The highest BCUT2D eigenvalue weighted by Crippen LogP contribution is 2.25. The van der Waals surface area contributed by atoms with Gasteiger partial charge in [0.2, 0.25) is 19.7 Å². The zero-order valence-corrected chi connectivity index (χ0v) is 17.5. The molecule has 31 heavy (non-hydrogen) atoms. The van der Waals surface area contributed by atoms with E-state index in [2.05, 4.69) is 20.4 Å². The molecule has 3 aromatic rings. The van der Waals surface area contributed by atoms with E-state index in [4.69, 9.17) is 18.3 Å². The van der Waals surface area contributed by atoms with Gasteiger partial charge in [-0.25, -0.2) is 21.6 Å². The lowest BCUT2D eigenvalue weighted by molar-refractivity contribution is 0.0695. The molecule has 2 heterocycles. The minimum atomic E-state index is -3.68. The molecule has 3 rings (SSSR count). The smallest absolute Gasteiger partial charge is 0.335 e. The van der Waals surface area contributed by atoms with Crippen LogP contribution in [0.15, 0.2) is 37.5 Å². The molecule has 0 saturated heterocycles. The summed E-state index contributed by atoms with van der Waals surface area (Å²) in [6, 6.07) is 3.71. The fourth-order valence-corrected chi connectivity index (χ4v) is 2.92. The van der Waals surface area contributed by atoms with Crippen LogP contribution in [0.5, 0.6) is 11.5 Å². The number of ether oxygens (including phenoxy) is 2. The largest absolute Gasteiger partial charge is 0.484 e. The molecule has 0 spiro atoms. The number of rotatable bonds is 9. The Morgan fingerprint density at radius 2 is 1.26 bits per heavy atom. The third-order valence-electron chi connectivity index (χ3n) is 3.38. The van der Waals surface area contributed by atoms with E-state index in [1.165, 1.54) is 18.2 Å². The number of aromatic carboxylic acids is 1. The van der Waals surface area contributed by atoms with E-state index < -0.39 is 36.1 Å². The molecule has 0 fully saturated rings. The Balaban J connectivity index is 1.73. The third-order valence-corrected chi connectivity index (χ3v) is 4.98. The Labute approximate surface area is 174 Å². The highest BCUT2D eigenvalue weighted by Gasteiger charge is 2.18. The first-order valence-electron chi connectivity index (χ1n) is 8.10. The summed E-state index contributed by atoms with van der Waals surface area (Å²) in [5, 5.41) is 21.9. The summed E-state index contributed by atoms with van der Waals surface area (Å²) >= 11 is 0.